The maximum Gasteiger partial charge on any atom is 0.0794 e. The van der Waals surface area contributed by atoms with E-state index in [9.17, 15) is 0 Å². The Morgan fingerprint density at radius 1 is 1.28 bits per heavy atom. The van der Waals surface area contributed by atoms with Gasteiger partial charge in [0, 0.05) is 23.2 Å². The lowest BCUT2D eigenvalue weighted by molar-refractivity contribution is 0.460. The highest BCUT2D eigenvalue weighted by molar-refractivity contribution is 7.09. The van der Waals surface area contributed by atoms with Crippen LogP contribution in [0.2, 0.25) is 0 Å². The third-order valence-corrected chi connectivity index (χ3v) is 4.18. The number of aromatic nitrogens is 1. The molecule has 2 nitrogen and oxygen atoms in total. The Bertz CT molecular complexity index is 462. The van der Waals surface area contributed by atoms with Gasteiger partial charge in [-0.15, -0.1) is 11.3 Å². The molecule has 2 aromatic rings. The van der Waals surface area contributed by atoms with Crippen molar-refractivity contribution in [3.8, 4) is 0 Å². The summed E-state index contributed by atoms with van der Waals surface area (Å²) in [5.74, 6) is 0. The fourth-order valence-electron chi connectivity index (χ4n) is 2.07. The molecule has 0 aliphatic heterocycles. The van der Waals surface area contributed by atoms with Crippen LogP contribution in [0.25, 0.3) is 0 Å². The van der Waals surface area contributed by atoms with Gasteiger partial charge in [0.05, 0.1) is 5.51 Å². The molecule has 0 radical (unpaired) electrons. The van der Waals surface area contributed by atoms with Crippen LogP contribution in [0.4, 0.5) is 0 Å². The van der Waals surface area contributed by atoms with Crippen LogP contribution < -0.4 is 5.32 Å². The molecule has 18 heavy (non-hydrogen) atoms. The van der Waals surface area contributed by atoms with Gasteiger partial charge in [-0.05, 0) is 25.8 Å². The number of nitrogens with one attached hydrogen (secondary N) is 1. The Morgan fingerprint density at radius 3 is 2.56 bits per heavy atom. The molecule has 0 spiro atoms. The summed E-state index contributed by atoms with van der Waals surface area (Å²) in [5.41, 5.74) is 4.56. The summed E-state index contributed by atoms with van der Waals surface area (Å²) in [6.45, 7) is 6.54. The molecule has 96 valence electrons. The normalized spacial score (nSPS) is 14.4. The Balaban J connectivity index is 2.07. The third-order valence-electron chi connectivity index (χ3n) is 3.22. The van der Waals surface area contributed by atoms with Crippen molar-refractivity contribution in [3.05, 3.63) is 52.0 Å². The van der Waals surface area contributed by atoms with E-state index < -0.39 is 0 Å². The van der Waals surface area contributed by atoms with Crippen LogP contribution in [0, 0.1) is 6.92 Å². The lowest BCUT2D eigenvalue weighted by atomic mass is 10.0. The van der Waals surface area contributed by atoms with E-state index in [0.29, 0.717) is 12.1 Å². The van der Waals surface area contributed by atoms with E-state index in [1.54, 1.807) is 11.3 Å². The number of hydrogen-bond acceptors (Lipinski definition) is 3. The zero-order valence-electron chi connectivity index (χ0n) is 11.2. The highest BCUT2D eigenvalue weighted by Crippen LogP contribution is 2.24. The molecule has 1 heterocycles. The van der Waals surface area contributed by atoms with Crippen LogP contribution in [0.5, 0.6) is 0 Å². The minimum absolute atomic E-state index is 0.351. The quantitative estimate of drug-likeness (QED) is 0.869. The van der Waals surface area contributed by atoms with E-state index in [-0.39, 0.29) is 0 Å². The van der Waals surface area contributed by atoms with Crippen LogP contribution in [0.3, 0.4) is 0 Å². The Labute approximate surface area is 113 Å². The molecule has 3 heteroatoms. The predicted octanol–water partition coefficient (Wildman–Crippen LogP) is 4.25. The van der Waals surface area contributed by atoms with Gasteiger partial charge in [-0.3, -0.25) is 4.98 Å². The zero-order chi connectivity index (χ0) is 13.0. The van der Waals surface area contributed by atoms with Crippen molar-refractivity contribution < 1.29 is 0 Å². The van der Waals surface area contributed by atoms with Gasteiger partial charge in [-0.25, -0.2) is 0 Å². The molecule has 2 unspecified atom stereocenters. The summed E-state index contributed by atoms with van der Waals surface area (Å²) >= 11 is 1.71. The highest BCUT2D eigenvalue weighted by Gasteiger charge is 2.14. The van der Waals surface area contributed by atoms with E-state index in [0.717, 1.165) is 6.42 Å². The number of hydrogen-bond donors (Lipinski definition) is 1. The van der Waals surface area contributed by atoms with Crippen LogP contribution in [-0.4, -0.2) is 4.98 Å². The molecule has 1 aromatic heterocycles. The first-order valence-electron chi connectivity index (χ1n) is 6.41. The second-order valence-corrected chi connectivity index (χ2v) is 5.58. The molecule has 0 fully saturated rings. The standard InChI is InChI=1S/C15H20N2S/c1-4-14(13-7-5-11(2)6-8-13)17-12(3)15-9-16-10-18-15/h5-10,12,14,17H,4H2,1-3H3. The van der Waals surface area contributed by atoms with Crippen LogP contribution >= 0.6 is 11.3 Å². The third kappa shape index (κ3) is 3.18. The van der Waals surface area contributed by atoms with Gasteiger partial charge in [0.15, 0.2) is 0 Å². The summed E-state index contributed by atoms with van der Waals surface area (Å²) in [5, 5.41) is 3.68. The lowest BCUT2D eigenvalue weighted by Crippen LogP contribution is -2.23. The molecule has 0 saturated heterocycles. The average molecular weight is 260 g/mol. The monoisotopic (exact) mass is 260 g/mol. The second-order valence-electron chi connectivity index (χ2n) is 4.66. The van der Waals surface area contributed by atoms with Crippen LogP contribution in [0.15, 0.2) is 36.0 Å². The van der Waals surface area contributed by atoms with Crippen LogP contribution in [-0.2, 0) is 0 Å². The molecule has 0 aliphatic carbocycles. The SMILES string of the molecule is CCC(NC(C)c1cncs1)c1ccc(C)cc1. The molecule has 0 amide bonds. The van der Waals surface area contributed by atoms with Gasteiger partial charge in [-0.2, -0.15) is 0 Å². The van der Waals surface area contributed by atoms with Crippen molar-refractivity contribution in [1.82, 2.24) is 10.3 Å². The van der Waals surface area contributed by atoms with Crippen molar-refractivity contribution in [3.63, 3.8) is 0 Å². The number of nitrogens with zero attached hydrogens (tertiary/aromatic N) is 1. The molecular formula is C15H20N2S. The van der Waals surface area contributed by atoms with E-state index in [1.165, 1.54) is 16.0 Å². The number of benzene rings is 1. The number of aryl methyl sites for hydroxylation is 1. The van der Waals surface area contributed by atoms with Gasteiger partial charge in [0.1, 0.15) is 0 Å². The topological polar surface area (TPSA) is 24.9 Å². The van der Waals surface area contributed by atoms with Crippen molar-refractivity contribution in [2.75, 3.05) is 0 Å². The molecule has 1 N–H and O–H groups in total. The van der Waals surface area contributed by atoms with Gasteiger partial charge in [-0.1, -0.05) is 36.8 Å². The Hall–Kier alpha value is -1.19. The van der Waals surface area contributed by atoms with E-state index in [4.69, 9.17) is 0 Å². The van der Waals surface area contributed by atoms with Gasteiger partial charge in [0.25, 0.3) is 0 Å². The van der Waals surface area contributed by atoms with E-state index in [1.807, 2.05) is 11.7 Å². The molecule has 0 aliphatic rings. The highest BCUT2D eigenvalue weighted by atomic mass is 32.1. The van der Waals surface area contributed by atoms with Crippen molar-refractivity contribution in [2.45, 2.75) is 39.3 Å². The number of thiazole rings is 1. The van der Waals surface area contributed by atoms with E-state index in [2.05, 4.69) is 55.3 Å². The molecule has 2 rings (SSSR count). The van der Waals surface area contributed by atoms with Gasteiger partial charge < -0.3 is 5.32 Å². The lowest BCUT2D eigenvalue weighted by Gasteiger charge is -2.22. The molecule has 2 atom stereocenters. The second kappa shape index (κ2) is 6.12. The molecule has 0 saturated carbocycles. The fraction of sp³-hybridized carbons (Fsp3) is 0.400. The largest absolute Gasteiger partial charge is 0.303 e. The van der Waals surface area contributed by atoms with Gasteiger partial charge in [0.2, 0.25) is 0 Å². The minimum Gasteiger partial charge on any atom is -0.303 e. The fourth-order valence-corrected chi connectivity index (χ4v) is 2.71. The van der Waals surface area contributed by atoms with Crippen LogP contribution in [0.1, 0.15) is 48.4 Å². The smallest absolute Gasteiger partial charge is 0.0794 e. The van der Waals surface area contributed by atoms with Crippen molar-refractivity contribution >= 4 is 11.3 Å². The molecule has 0 bridgehead atoms. The Kier molecular flexibility index (Phi) is 4.50. The van der Waals surface area contributed by atoms with Crippen molar-refractivity contribution in [2.24, 2.45) is 0 Å². The Morgan fingerprint density at radius 2 is 2.00 bits per heavy atom. The zero-order valence-corrected chi connectivity index (χ0v) is 12.0. The van der Waals surface area contributed by atoms with Crippen molar-refractivity contribution in [1.29, 1.82) is 0 Å². The summed E-state index contributed by atoms with van der Waals surface area (Å²) in [6.07, 6.45) is 3.04. The molecular weight excluding hydrogens is 240 g/mol. The van der Waals surface area contributed by atoms with Gasteiger partial charge >= 0.3 is 0 Å². The first kappa shape index (κ1) is 13.2. The average Bonchev–Trinajstić information content (AvgIpc) is 2.91. The summed E-state index contributed by atoms with van der Waals surface area (Å²) < 4.78 is 0. The van der Waals surface area contributed by atoms with E-state index >= 15 is 0 Å². The first-order valence-corrected chi connectivity index (χ1v) is 7.29. The predicted molar refractivity (Wildman–Crippen MR) is 77.9 cm³/mol. The first-order chi connectivity index (χ1) is 8.70. The summed E-state index contributed by atoms with van der Waals surface area (Å²) in [6, 6.07) is 9.55. The summed E-state index contributed by atoms with van der Waals surface area (Å²) in [7, 11) is 0. The maximum absolute atomic E-state index is 4.14. The summed E-state index contributed by atoms with van der Waals surface area (Å²) in [4.78, 5) is 5.43. The minimum atomic E-state index is 0.351. The maximum atomic E-state index is 4.14. The molecule has 1 aromatic carbocycles. The number of rotatable bonds is 5.